The number of amides is 1. The van der Waals surface area contributed by atoms with E-state index in [4.69, 9.17) is 0 Å². The zero-order valence-corrected chi connectivity index (χ0v) is 26.3. The van der Waals surface area contributed by atoms with Gasteiger partial charge in [0.15, 0.2) is 0 Å². The van der Waals surface area contributed by atoms with Crippen LogP contribution in [0.5, 0.6) is 0 Å². The molecule has 1 heterocycles. The largest absolute Gasteiger partial charge is 0.481 e. The Kier molecular flexibility index (Phi) is 11.0. The van der Waals surface area contributed by atoms with Gasteiger partial charge in [0, 0.05) is 24.4 Å². The van der Waals surface area contributed by atoms with Crippen LogP contribution in [-0.4, -0.2) is 40.5 Å². The Labute approximate surface area is 258 Å². The Balaban J connectivity index is 2.16. The Morgan fingerprint density at radius 1 is 0.978 bits per heavy atom. The molecule has 3 rings (SSSR count). The van der Waals surface area contributed by atoms with Crippen molar-refractivity contribution in [3.05, 3.63) is 91.9 Å². The molecule has 2 atom stereocenters. The van der Waals surface area contributed by atoms with Crippen molar-refractivity contribution in [1.82, 2.24) is 14.8 Å². The summed E-state index contributed by atoms with van der Waals surface area (Å²) in [6.45, 7) is 8.18. The number of hydrogen-bond acceptors (Lipinski definition) is 4. The lowest BCUT2D eigenvalue weighted by Crippen LogP contribution is -2.41. The number of benzene rings is 2. The molecule has 2 unspecified atom stereocenters. The zero-order valence-electron chi connectivity index (χ0n) is 26.3. The summed E-state index contributed by atoms with van der Waals surface area (Å²) in [6, 6.07) is 3.30. The molecule has 0 bridgehead atoms. The van der Waals surface area contributed by atoms with Gasteiger partial charge in [0.2, 0.25) is 5.91 Å². The van der Waals surface area contributed by atoms with Crippen molar-refractivity contribution in [2.24, 2.45) is 5.92 Å². The van der Waals surface area contributed by atoms with Crippen molar-refractivity contribution in [1.29, 1.82) is 0 Å². The van der Waals surface area contributed by atoms with E-state index in [1.54, 1.807) is 47.9 Å². The molecule has 0 saturated carbocycles. The first-order valence-corrected chi connectivity index (χ1v) is 14.4. The second kappa shape index (κ2) is 13.9. The fraction of sp³-hybridized carbons (Fsp3) is 0.424. The fourth-order valence-corrected chi connectivity index (χ4v) is 5.60. The maximum Gasteiger partial charge on any atom is 0.416 e. The molecule has 12 heteroatoms. The lowest BCUT2D eigenvalue weighted by Gasteiger charge is -2.27. The van der Waals surface area contributed by atoms with E-state index in [1.165, 1.54) is 30.0 Å². The minimum absolute atomic E-state index is 0.0216. The normalized spacial score (nSPS) is 13.3. The number of aryl methyl sites for hydroxylation is 3. The van der Waals surface area contributed by atoms with Crippen molar-refractivity contribution in [3.63, 3.8) is 0 Å². The lowest BCUT2D eigenvalue weighted by molar-refractivity contribution is -0.139. The van der Waals surface area contributed by atoms with Crippen LogP contribution < -0.4 is 10.9 Å². The molecule has 3 aromatic rings. The van der Waals surface area contributed by atoms with Crippen LogP contribution in [0.2, 0.25) is 0 Å². The number of nitrogens with one attached hydrogen (secondary N) is 1. The molecular formula is C33H38F5N3O4. The highest BCUT2D eigenvalue weighted by molar-refractivity contribution is 5.82. The van der Waals surface area contributed by atoms with Crippen LogP contribution in [0.25, 0.3) is 11.1 Å². The quantitative estimate of drug-likeness (QED) is 0.229. The molecule has 1 aromatic heterocycles. The molecule has 0 aliphatic heterocycles. The molecule has 45 heavy (non-hydrogen) atoms. The summed E-state index contributed by atoms with van der Waals surface area (Å²) in [4.78, 5) is 40.3. The Morgan fingerprint density at radius 3 is 2.09 bits per heavy atom. The number of rotatable bonds is 11. The van der Waals surface area contributed by atoms with Gasteiger partial charge in [-0.1, -0.05) is 13.8 Å². The van der Waals surface area contributed by atoms with E-state index in [1.807, 2.05) is 0 Å². The second-order valence-electron chi connectivity index (χ2n) is 12.1. The molecule has 7 nitrogen and oxygen atoms in total. The SMILES string of the molecule is Cc1cc(-c2c(C)cc(F)cc2C)cc(C(CC(=O)O)NC(=O)C(CC(C)C)n2cc(CN(C)C)c(C(F)(F)F)cc2=O)c1F. The first kappa shape index (κ1) is 35.4. The maximum atomic E-state index is 15.7. The summed E-state index contributed by atoms with van der Waals surface area (Å²) in [5.74, 6) is -3.63. The fourth-order valence-electron chi connectivity index (χ4n) is 5.60. The topological polar surface area (TPSA) is 91.6 Å². The number of alkyl halides is 3. The molecule has 2 aromatic carbocycles. The lowest BCUT2D eigenvalue weighted by atomic mass is 9.90. The van der Waals surface area contributed by atoms with Crippen LogP contribution in [0.15, 0.2) is 41.3 Å². The number of carboxylic acid groups (broad SMARTS) is 1. The van der Waals surface area contributed by atoms with Crippen LogP contribution in [0.3, 0.4) is 0 Å². The van der Waals surface area contributed by atoms with Gasteiger partial charge < -0.3 is 19.9 Å². The highest BCUT2D eigenvalue weighted by Crippen LogP contribution is 2.35. The van der Waals surface area contributed by atoms with Crippen molar-refractivity contribution in [2.75, 3.05) is 14.1 Å². The van der Waals surface area contributed by atoms with Crippen molar-refractivity contribution >= 4 is 11.9 Å². The molecule has 244 valence electrons. The third-order valence-electron chi connectivity index (χ3n) is 7.43. The summed E-state index contributed by atoms with van der Waals surface area (Å²) in [6.07, 6.45) is -4.51. The average molecular weight is 636 g/mol. The molecule has 0 aliphatic carbocycles. The van der Waals surface area contributed by atoms with Crippen LogP contribution in [0.1, 0.15) is 72.2 Å². The van der Waals surface area contributed by atoms with Gasteiger partial charge in [-0.05, 0) is 105 Å². The van der Waals surface area contributed by atoms with Crippen molar-refractivity contribution in [3.8, 4) is 11.1 Å². The zero-order chi connectivity index (χ0) is 34.0. The molecule has 0 spiro atoms. The predicted molar refractivity (Wildman–Crippen MR) is 161 cm³/mol. The molecular weight excluding hydrogens is 597 g/mol. The highest BCUT2D eigenvalue weighted by Gasteiger charge is 2.36. The van der Waals surface area contributed by atoms with E-state index in [0.717, 1.165) is 10.8 Å². The molecule has 0 fully saturated rings. The molecule has 1 amide bonds. The van der Waals surface area contributed by atoms with E-state index in [0.29, 0.717) is 28.3 Å². The number of nitrogens with zero attached hydrogens (tertiary/aromatic N) is 2. The minimum Gasteiger partial charge on any atom is -0.481 e. The number of halogens is 5. The van der Waals surface area contributed by atoms with Gasteiger partial charge in [-0.15, -0.1) is 0 Å². The first-order valence-electron chi connectivity index (χ1n) is 14.4. The number of pyridine rings is 1. The standard InChI is InChI=1S/C33H38F5N3O4/c1-17(2)8-27(41-16-22(15-40(6)7)25(13-28(41)42)33(36,37)38)32(45)39-26(14-29(43)44)24-12-21(9-20(5)31(24)35)30-18(3)10-23(34)11-19(30)4/h9-13,16-17,26-27H,8,14-15H2,1-7H3,(H,39,45)(H,43,44). The molecule has 0 aliphatic rings. The Bertz CT molecular complexity index is 1620. The third-order valence-corrected chi connectivity index (χ3v) is 7.43. The Hall–Kier alpha value is -4.06. The summed E-state index contributed by atoms with van der Waals surface area (Å²) in [5, 5.41) is 12.3. The predicted octanol–water partition coefficient (Wildman–Crippen LogP) is 6.72. The number of aromatic nitrogens is 1. The van der Waals surface area contributed by atoms with Crippen LogP contribution in [-0.2, 0) is 22.3 Å². The number of hydrogen-bond donors (Lipinski definition) is 2. The Morgan fingerprint density at radius 2 is 1.58 bits per heavy atom. The minimum atomic E-state index is -4.81. The van der Waals surface area contributed by atoms with Gasteiger partial charge in [-0.3, -0.25) is 14.4 Å². The van der Waals surface area contributed by atoms with Crippen LogP contribution in [0, 0.1) is 38.3 Å². The van der Waals surface area contributed by atoms with Crippen molar-refractivity contribution < 1.29 is 36.6 Å². The summed E-state index contributed by atoms with van der Waals surface area (Å²) < 4.78 is 72.0. The van der Waals surface area contributed by atoms with Gasteiger partial charge >= 0.3 is 12.1 Å². The first-order chi connectivity index (χ1) is 20.8. The van der Waals surface area contributed by atoms with Crippen LogP contribution in [0.4, 0.5) is 22.0 Å². The van der Waals surface area contributed by atoms with E-state index < -0.39 is 59.3 Å². The number of aliphatic carboxylic acids is 1. The van der Waals surface area contributed by atoms with E-state index in [2.05, 4.69) is 5.32 Å². The highest BCUT2D eigenvalue weighted by atomic mass is 19.4. The third kappa shape index (κ3) is 8.56. The summed E-state index contributed by atoms with van der Waals surface area (Å²) >= 11 is 0. The van der Waals surface area contributed by atoms with Crippen molar-refractivity contribution in [2.45, 2.75) is 72.3 Å². The number of carbonyl (C=O) groups is 2. The average Bonchev–Trinajstić information content (AvgIpc) is 2.87. The van der Waals surface area contributed by atoms with Gasteiger partial charge in [-0.25, -0.2) is 8.78 Å². The van der Waals surface area contributed by atoms with Gasteiger partial charge in [0.05, 0.1) is 18.0 Å². The molecule has 2 N–H and O–H groups in total. The van der Waals surface area contributed by atoms with E-state index in [9.17, 15) is 37.1 Å². The van der Waals surface area contributed by atoms with E-state index in [-0.39, 0.29) is 35.6 Å². The second-order valence-corrected chi connectivity index (χ2v) is 12.1. The monoisotopic (exact) mass is 635 g/mol. The smallest absolute Gasteiger partial charge is 0.416 e. The molecule has 0 saturated heterocycles. The van der Waals surface area contributed by atoms with Gasteiger partial charge in [0.25, 0.3) is 5.56 Å². The van der Waals surface area contributed by atoms with Crippen LogP contribution >= 0.6 is 0 Å². The van der Waals surface area contributed by atoms with Gasteiger partial charge in [0.1, 0.15) is 17.7 Å². The van der Waals surface area contributed by atoms with E-state index >= 15 is 4.39 Å². The summed E-state index contributed by atoms with van der Waals surface area (Å²) in [7, 11) is 3.12. The number of carboxylic acids is 1. The number of carbonyl (C=O) groups excluding carboxylic acids is 1. The summed E-state index contributed by atoms with van der Waals surface area (Å²) in [5.41, 5.74) is -0.168. The maximum absolute atomic E-state index is 15.7. The molecule has 0 radical (unpaired) electrons. The van der Waals surface area contributed by atoms with Gasteiger partial charge in [-0.2, -0.15) is 13.2 Å².